The number of likely N-dealkylation sites (N-methyl/N-ethyl adjacent to an activating group) is 1. The van der Waals surface area contributed by atoms with E-state index in [4.69, 9.17) is 0 Å². The maximum Gasteiger partial charge on any atom is 0.178 e. The first kappa shape index (κ1) is 15.2. The molecule has 4 heteroatoms. The Morgan fingerprint density at radius 3 is 2.11 bits per heavy atom. The normalized spacial score (nSPS) is 13.8. The SMILES string of the molecule is CCS(=O)(=O)c1ccc(CC(NC)C(C)C)cc1. The Morgan fingerprint density at radius 1 is 1.17 bits per heavy atom. The molecule has 0 bridgehead atoms. The van der Waals surface area contributed by atoms with Crippen molar-refractivity contribution in [3.05, 3.63) is 29.8 Å². The third kappa shape index (κ3) is 3.82. The molecule has 0 saturated carbocycles. The van der Waals surface area contributed by atoms with Gasteiger partial charge in [-0.05, 0) is 37.1 Å². The van der Waals surface area contributed by atoms with Crippen LogP contribution in [0.3, 0.4) is 0 Å². The number of hydrogen-bond acceptors (Lipinski definition) is 3. The molecule has 1 aromatic carbocycles. The largest absolute Gasteiger partial charge is 0.316 e. The minimum Gasteiger partial charge on any atom is -0.316 e. The molecule has 3 nitrogen and oxygen atoms in total. The van der Waals surface area contributed by atoms with E-state index in [0.29, 0.717) is 16.9 Å². The van der Waals surface area contributed by atoms with Crippen molar-refractivity contribution < 1.29 is 8.42 Å². The maximum absolute atomic E-state index is 11.7. The topological polar surface area (TPSA) is 46.2 Å². The summed E-state index contributed by atoms with van der Waals surface area (Å²) in [7, 11) is -1.12. The van der Waals surface area contributed by atoms with Gasteiger partial charge in [-0.15, -0.1) is 0 Å². The van der Waals surface area contributed by atoms with E-state index in [1.807, 2.05) is 19.2 Å². The number of rotatable bonds is 6. The second-order valence-electron chi connectivity index (χ2n) is 4.89. The van der Waals surface area contributed by atoms with Crippen molar-refractivity contribution in [1.82, 2.24) is 5.32 Å². The minimum atomic E-state index is -3.08. The predicted molar refractivity (Wildman–Crippen MR) is 75.6 cm³/mol. The summed E-state index contributed by atoms with van der Waals surface area (Å²) in [5.41, 5.74) is 1.16. The third-order valence-corrected chi connectivity index (χ3v) is 5.04. The van der Waals surface area contributed by atoms with Gasteiger partial charge in [0.2, 0.25) is 0 Å². The van der Waals surface area contributed by atoms with E-state index in [1.54, 1.807) is 19.1 Å². The van der Waals surface area contributed by atoms with Crippen LogP contribution in [0.4, 0.5) is 0 Å². The van der Waals surface area contributed by atoms with Crippen LogP contribution < -0.4 is 5.32 Å². The van der Waals surface area contributed by atoms with Crippen molar-refractivity contribution in [3.63, 3.8) is 0 Å². The lowest BCUT2D eigenvalue weighted by molar-refractivity contribution is 0.424. The molecule has 0 radical (unpaired) electrons. The van der Waals surface area contributed by atoms with Crippen molar-refractivity contribution in [3.8, 4) is 0 Å². The lowest BCUT2D eigenvalue weighted by Crippen LogP contribution is -2.32. The highest BCUT2D eigenvalue weighted by molar-refractivity contribution is 7.91. The summed E-state index contributed by atoms with van der Waals surface area (Å²) in [6.07, 6.45) is 0.917. The zero-order valence-electron chi connectivity index (χ0n) is 11.6. The molecule has 1 rings (SSSR count). The molecule has 0 aliphatic heterocycles. The molecule has 0 amide bonds. The van der Waals surface area contributed by atoms with Crippen molar-refractivity contribution in [2.24, 2.45) is 5.92 Å². The van der Waals surface area contributed by atoms with Crippen molar-refractivity contribution in [1.29, 1.82) is 0 Å². The van der Waals surface area contributed by atoms with E-state index < -0.39 is 9.84 Å². The molecule has 1 unspecified atom stereocenters. The van der Waals surface area contributed by atoms with Crippen LogP contribution >= 0.6 is 0 Å². The lowest BCUT2D eigenvalue weighted by atomic mass is 9.97. The Kier molecular flexibility index (Phi) is 5.35. The van der Waals surface area contributed by atoms with Gasteiger partial charge in [0.25, 0.3) is 0 Å². The molecule has 0 spiro atoms. The Bertz CT molecular complexity index is 463. The predicted octanol–water partition coefficient (Wildman–Crippen LogP) is 2.27. The van der Waals surface area contributed by atoms with Crippen molar-refractivity contribution >= 4 is 9.84 Å². The third-order valence-electron chi connectivity index (χ3n) is 3.29. The van der Waals surface area contributed by atoms with E-state index >= 15 is 0 Å². The number of hydrogen-bond donors (Lipinski definition) is 1. The molecule has 0 aromatic heterocycles. The first-order valence-corrected chi connectivity index (χ1v) is 8.05. The quantitative estimate of drug-likeness (QED) is 0.861. The summed E-state index contributed by atoms with van der Waals surface area (Å²) in [6, 6.07) is 7.66. The van der Waals surface area contributed by atoms with Crippen LogP contribution in [0.15, 0.2) is 29.2 Å². The lowest BCUT2D eigenvalue weighted by Gasteiger charge is -2.20. The zero-order chi connectivity index (χ0) is 13.8. The van der Waals surface area contributed by atoms with Gasteiger partial charge in [-0.25, -0.2) is 8.42 Å². The fourth-order valence-electron chi connectivity index (χ4n) is 1.92. The summed E-state index contributed by atoms with van der Waals surface area (Å²) < 4.78 is 23.4. The van der Waals surface area contributed by atoms with Gasteiger partial charge in [-0.2, -0.15) is 0 Å². The highest BCUT2D eigenvalue weighted by Crippen LogP contribution is 2.15. The van der Waals surface area contributed by atoms with Gasteiger partial charge in [0.15, 0.2) is 9.84 Å². The second-order valence-corrected chi connectivity index (χ2v) is 7.17. The number of benzene rings is 1. The monoisotopic (exact) mass is 269 g/mol. The summed E-state index contributed by atoms with van der Waals surface area (Å²) in [5.74, 6) is 0.700. The molecule has 1 aromatic rings. The molecule has 0 aliphatic carbocycles. The average molecular weight is 269 g/mol. The molecule has 1 N–H and O–H groups in total. The summed E-state index contributed by atoms with van der Waals surface area (Å²) >= 11 is 0. The van der Waals surface area contributed by atoms with E-state index in [9.17, 15) is 8.42 Å². The fraction of sp³-hybridized carbons (Fsp3) is 0.571. The molecule has 0 aliphatic rings. The van der Waals surface area contributed by atoms with Gasteiger partial charge in [-0.1, -0.05) is 32.9 Å². The Morgan fingerprint density at radius 2 is 1.72 bits per heavy atom. The Labute approximate surface area is 111 Å². The first-order valence-electron chi connectivity index (χ1n) is 6.39. The zero-order valence-corrected chi connectivity index (χ0v) is 12.4. The summed E-state index contributed by atoms with van der Waals surface area (Å²) in [5, 5.41) is 3.29. The molecule has 1 atom stereocenters. The van der Waals surface area contributed by atoms with E-state index in [2.05, 4.69) is 19.2 Å². The summed E-state index contributed by atoms with van der Waals surface area (Å²) in [6.45, 7) is 6.02. The maximum atomic E-state index is 11.7. The molecular formula is C14H23NO2S. The molecule has 18 heavy (non-hydrogen) atoms. The first-order chi connectivity index (χ1) is 8.40. The number of nitrogens with one attached hydrogen (secondary N) is 1. The highest BCUT2D eigenvalue weighted by atomic mass is 32.2. The molecule has 0 heterocycles. The van der Waals surface area contributed by atoms with Crippen LogP contribution in [0.2, 0.25) is 0 Å². The van der Waals surface area contributed by atoms with E-state index in [0.717, 1.165) is 12.0 Å². The Hall–Kier alpha value is -0.870. The number of sulfone groups is 1. The smallest absolute Gasteiger partial charge is 0.178 e. The fourth-order valence-corrected chi connectivity index (χ4v) is 2.81. The van der Waals surface area contributed by atoms with Crippen LogP contribution in [0.25, 0.3) is 0 Å². The minimum absolute atomic E-state index is 0.150. The van der Waals surface area contributed by atoms with Crippen LogP contribution in [-0.4, -0.2) is 27.3 Å². The van der Waals surface area contributed by atoms with Crippen LogP contribution in [0.5, 0.6) is 0 Å². The molecule has 0 saturated heterocycles. The van der Waals surface area contributed by atoms with Crippen molar-refractivity contribution in [2.75, 3.05) is 12.8 Å². The van der Waals surface area contributed by atoms with E-state index in [-0.39, 0.29) is 5.75 Å². The molecule has 0 fully saturated rings. The van der Waals surface area contributed by atoms with Crippen molar-refractivity contribution in [2.45, 2.75) is 38.1 Å². The van der Waals surface area contributed by atoms with Gasteiger partial charge < -0.3 is 5.32 Å². The van der Waals surface area contributed by atoms with Gasteiger partial charge in [0.1, 0.15) is 0 Å². The van der Waals surface area contributed by atoms with Crippen LogP contribution in [0, 0.1) is 5.92 Å². The van der Waals surface area contributed by atoms with Gasteiger partial charge in [-0.3, -0.25) is 0 Å². The van der Waals surface area contributed by atoms with Gasteiger partial charge in [0, 0.05) is 6.04 Å². The Balaban J connectivity index is 2.84. The van der Waals surface area contributed by atoms with Crippen LogP contribution in [-0.2, 0) is 16.3 Å². The summed E-state index contributed by atoms with van der Waals surface area (Å²) in [4.78, 5) is 0.416. The van der Waals surface area contributed by atoms with Gasteiger partial charge in [0.05, 0.1) is 10.6 Å². The highest BCUT2D eigenvalue weighted by Gasteiger charge is 2.13. The van der Waals surface area contributed by atoms with E-state index in [1.165, 1.54) is 0 Å². The molecule has 102 valence electrons. The standard InChI is InChI=1S/C14H23NO2S/c1-5-18(16,17)13-8-6-12(7-9-13)10-14(15-4)11(2)3/h6-9,11,14-15H,5,10H2,1-4H3. The van der Waals surface area contributed by atoms with Gasteiger partial charge >= 0.3 is 0 Å². The van der Waals surface area contributed by atoms with Crippen LogP contribution in [0.1, 0.15) is 26.3 Å². The molecular weight excluding hydrogens is 246 g/mol. The second kappa shape index (κ2) is 6.34. The average Bonchev–Trinajstić information content (AvgIpc) is 2.36.